The molecule has 0 aliphatic heterocycles. The van der Waals surface area contributed by atoms with E-state index in [1.54, 1.807) is 12.1 Å². The van der Waals surface area contributed by atoms with Crippen LogP contribution in [-0.2, 0) is 11.3 Å². The van der Waals surface area contributed by atoms with Gasteiger partial charge in [0.25, 0.3) is 0 Å². The Kier molecular flexibility index (Phi) is 5.42. The molecule has 3 nitrogen and oxygen atoms in total. The van der Waals surface area contributed by atoms with Crippen LogP contribution in [-0.4, -0.2) is 12.5 Å². The zero-order valence-corrected chi connectivity index (χ0v) is 12.5. The minimum Gasteiger partial charge on any atom is -0.376 e. The Morgan fingerprint density at radius 3 is 2.48 bits per heavy atom. The molecule has 0 heterocycles. The van der Waals surface area contributed by atoms with Crippen molar-refractivity contribution < 1.29 is 9.18 Å². The maximum Gasteiger partial charge on any atom is 0.239 e. The number of nitrogens with one attached hydrogen (secondary N) is 2. The fraction of sp³-hybridized carbons (Fsp3) is 0.133. The first-order valence-corrected chi connectivity index (χ1v) is 7.00. The quantitative estimate of drug-likeness (QED) is 0.875. The summed E-state index contributed by atoms with van der Waals surface area (Å²) < 4.78 is 13.0. The molecule has 0 atom stereocenters. The van der Waals surface area contributed by atoms with Crippen LogP contribution in [0.3, 0.4) is 0 Å². The van der Waals surface area contributed by atoms with Gasteiger partial charge in [0.15, 0.2) is 0 Å². The van der Waals surface area contributed by atoms with Crippen molar-refractivity contribution in [1.29, 1.82) is 0 Å². The minimum atomic E-state index is -0.491. The van der Waals surface area contributed by atoms with E-state index < -0.39 is 5.82 Å². The fourth-order valence-electron chi connectivity index (χ4n) is 1.65. The smallest absolute Gasteiger partial charge is 0.239 e. The molecule has 0 bridgehead atoms. The van der Waals surface area contributed by atoms with Crippen LogP contribution in [0.2, 0.25) is 10.0 Å². The standard InChI is InChI=1S/C15H13Cl2FN2O/c16-11-3-1-10(2-4-11)8-20-15(21)9-19-12-5-6-14(18)13(17)7-12/h1-7,19H,8-9H2,(H,20,21). The Hall–Kier alpha value is -1.78. The number of amides is 1. The highest BCUT2D eigenvalue weighted by atomic mass is 35.5. The Labute approximate surface area is 132 Å². The Bertz CT molecular complexity index is 632. The Morgan fingerprint density at radius 2 is 1.81 bits per heavy atom. The van der Waals surface area contributed by atoms with Gasteiger partial charge in [0, 0.05) is 17.3 Å². The van der Waals surface area contributed by atoms with Crippen LogP contribution < -0.4 is 10.6 Å². The molecule has 0 saturated heterocycles. The molecule has 6 heteroatoms. The number of rotatable bonds is 5. The first-order valence-electron chi connectivity index (χ1n) is 6.24. The van der Waals surface area contributed by atoms with Gasteiger partial charge in [0.2, 0.25) is 5.91 Å². The molecular formula is C15H13Cl2FN2O. The number of carbonyl (C=O) groups excluding carboxylic acids is 1. The van der Waals surface area contributed by atoms with Crippen LogP contribution in [0.5, 0.6) is 0 Å². The third kappa shape index (κ3) is 4.92. The second-order valence-electron chi connectivity index (χ2n) is 4.39. The van der Waals surface area contributed by atoms with Crippen molar-refractivity contribution in [3.05, 3.63) is 63.9 Å². The third-order valence-electron chi connectivity index (χ3n) is 2.78. The Morgan fingerprint density at radius 1 is 1.10 bits per heavy atom. The number of anilines is 1. The summed E-state index contributed by atoms with van der Waals surface area (Å²) in [6, 6.07) is 11.4. The van der Waals surface area contributed by atoms with E-state index in [0.29, 0.717) is 17.3 Å². The van der Waals surface area contributed by atoms with Crippen molar-refractivity contribution in [3.8, 4) is 0 Å². The molecule has 0 aromatic heterocycles. The first kappa shape index (κ1) is 15.6. The van der Waals surface area contributed by atoms with E-state index >= 15 is 0 Å². The second kappa shape index (κ2) is 7.29. The third-order valence-corrected chi connectivity index (χ3v) is 3.32. The molecule has 0 fully saturated rings. The van der Waals surface area contributed by atoms with E-state index in [4.69, 9.17) is 23.2 Å². The molecule has 0 aliphatic carbocycles. The number of hydrogen-bond donors (Lipinski definition) is 2. The average molecular weight is 327 g/mol. The largest absolute Gasteiger partial charge is 0.376 e. The number of benzene rings is 2. The van der Waals surface area contributed by atoms with Gasteiger partial charge in [0.1, 0.15) is 5.82 Å². The van der Waals surface area contributed by atoms with Crippen molar-refractivity contribution in [1.82, 2.24) is 5.32 Å². The van der Waals surface area contributed by atoms with Gasteiger partial charge >= 0.3 is 0 Å². The highest BCUT2D eigenvalue weighted by Gasteiger charge is 2.04. The van der Waals surface area contributed by atoms with Gasteiger partial charge in [-0.05, 0) is 35.9 Å². The van der Waals surface area contributed by atoms with Gasteiger partial charge in [-0.25, -0.2) is 4.39 Å². The lowest BCUT2D eigenvalue weighted by Crippen LogP contribution is -2.29. The van der Waals surface area contributed by atoms with Crippen molar-refractivity contribution in [3.63, 3.8) is 0 Å². The van der Waals surface area contributed by atoms with E-state index in [-0.39, 0.29) is 17.5 Å². The SMILES string of the molecule is O=C(CNc1ccc(F)c(Cl)c1)NCc1ccc(Cl)cc1. The van der Waals surface area contributed by atoms with Crippen LogP contribution in [0, 0.1) is 5.82 Å². The molecule has 0 unspecified atom stereocenters. The zero-order chi connectivity index (χ0) is 15.2. The highest BCUT2D eigenvalue weighted by molar-refractivity contribution is 6.31. The molecule has 2 N–H and O–H groups in total. The zero-order valence-electron chi connectivity index (χ0n) is 11.0. The molecule has 0 saturated carbocycles. The predicted molar refractivity (Wildman–Crippen MR) is 83.2 cm³/mol. The summed E-state index contributed by atoms with van der Waals surface area (Å²) in [7, 11) is 0. The summed E-state index contributed by atoms with van der Waals surface area (Å²) in [6.45, 7) is 0.497. The monoisotopic (exact) mass is 326 g/mol. The van der Waals surface area contributed by atoms with Crippen molar-refractivity contribution in [2.75, 3.05) is 11.9 Å². The molecular weight excluding hydrogens is 314 g/mol. The summed E-state index contributed by atoms with van der Waals surface area (Å²) in [6.07, 6.45) is 0. The maximum atomic E-state index is 13.0. The van der Waals surface area contributed by atoms with Crippen molar-refractivity contribution in [2.45, 2.75) is 6.54 Å². The summed E-state index contributed by atoms with van der Waals surface area (Å²) in [4.78, 5) is 11.7. The molecule has 2 rings (SSSR count). The lowest BCUT2D eigenvalue weighted by atomic mass is 10.2. The van der Waals surface area contributed by atoms with E-state index in [0.717, 1.165) is 5.56 Å². The van der Waals surface area contributed by atoms with Crippen molar-refractivity contribution in [2.24, 2.45) is 0 Å². The van der Waals surface area contributed by atoms with Crippen LogP contribution in [0.1, 0.15) is 5.56 Å². The molecule has 21 heavy (non-hydrogen) atoms. The normalized spacial score (nSPS) is 10.2. The number of hydrogen-bond acceptors (Lipinski definition) is 2. The van der Waals surface area contributed by atoms with Crippen LogP contribution in [0.4, 0.5) is 10.1 Å². The van der Waals surface area contributed by atoms with E-state index in [1.807, 2.05) is 12.1 Å². The maximum absolute atomic E-state index is 13.0. The highest BCUT2D eigenvalue weighted by Crippen LogP contribution is 2.19. The van der Waals surface area contributed by atoms with Crippen LogP contribution in [0.25, 0.3) is 0 Å². The average Bonchev–Trinajstić information content (AvgIpc) is 2.48. The topological polar surface area (TPSA) is 41.1 Å². The molecule has 2 aromatic rings. The summed E-state index contributed by atoms with van der Waals surface area (Å²) in [5.74, 6) is -0.667. The molecule has 0 radical (unpaired) electrons. The number of carbonyl (C=O) groups is 1. The lowest BCUT2D eigenvalue weighted by Gasteiger charge is -2.08. The van der Waals surface area contributed by atoms with Gasteiger partial charge in [-0.1, -0.05) is 35.3 Å². The summed E-state index contributed by atoms with van der Waals surface area (Å²) in [5.41, 5.74) is 1.54. The molecule has 110 valence electrons. The van der Waals surface area contributed by atoms with Gasteiger partial charge in [0.05, 0.1) is 11.6 Å². The molecule has 0 spiro atoms. The van der Waals surface area contributed by atoms with E-state index in [9.17, 15) is 9.18 Å². The Balaban J connectivity index is 1.79. The van der Waals surface area contributed by atoms with E-state index in [1.165, 1.54) is 18.2 Å². The minimum absolute atomic E-state index is 0.0153. The van der Waals surface area contributed by atoms with Gasteiger partial charge < -0.3 is 10.6 Å². The summed E-state index contributed by atoms with van der Waals surface area (Å²) >= 11 is 11.4. The molecule has 1 amide bonds. The van der Waals surface area contributed by atoms with Gasteiger partial charge in [-0.15, -0.1) is 0 Å². The van der Waals surface area contributed by atoms with Gasteiger partial charge in [-0.3, -0.25) is 4.79 Å². The second-order valence-corrected chi connectivity index (χ2v) is 5.23. The summed E-state index contributed by atoms with van der Waals surface area (Å²) in [5, 5.41) is 6.30. The van der Waals surface area contributed by atoms with E-state index in [2.05, 4.69) is 10.6 Å². The first-order chi connectivity index (χ1) is 10.0. The predicted octanol–water partition coefficient (Wildman–Crippen LogP) is 3.86. The van der Waals surface area contributed by atoms with Crippen LogP contribution in [0.15, 0.2) is 42.5 Å². The number of halogens is 3. The fourth-order valence-corrected chi connectivity index (χ4v) is 1.96. The lowest BCUT2D eigenvalue weighted by molar-refractivity contribution is -0.119. The van der Waals surface area contributed by atoms with Crippen molar-refractivity contribution >= 4 is 34.8 Å². The molecule has 2 aromatic carbocycles. The van der Waals surface area contributed by atoms with Crippen LogP contribution >= 0.6 is 23.2 Å². The van der Waals surface area contributed by atoms with Gasteiger partial charge in [-0.2, -0.15) is 0 Å². The molecule has 0 aliphatic rings.